The first-order chi connectivity index (χ1) is 13.2. The molecule has 0 saturated carbocycles. The number of carbonyl (C=O) groups excluding carboxylic acids is 1. The molecule has 0 radical (unpaired) electrons. The first-order valence-electron chi connectivity index (χ1n) is 9.86. The Morgan fingerprint density at radius 3 is 2.32 bits per heavy atom. The van der Waals surface area contributed by atoms with Crippen LogP contribution in [-0.2, 0) is 20.7 Å². The van der Waals surface area contributed by atoms with Crippen molar-refractivity contribution in [2.75, 3.05) is 13.1 Å². The van der Waals surface area contributed by atoms with E-state index in [1.807, 2.05) is 58.0 Å². The molecular formula is C21H29BFNO4. The van der Waals surface area contributed by atoms with Gasteiger partial charge in [-0.3, -0.25) is 0 Å². The minimum atomic E-state index is -0.959. The molecule has 0 bridgehead atoms. The van der Waals surface area contributed by atoms with Crippen molar-refractivity contribution in [2.24, 2.45) is 5.92 Å². The average Bonchev–Trinajstić information content (AvgIpc) is 2.89. The maximum absolute atomic E-state index is 14.6. The number of amides is 1. The molecule has 0 spiro atoms. The molecular weight excluding hydrogens is 360 g/mol. The lowest BCUT2D eigenvalue weighted by molar-refractivity contribution is 0.00578. The van der Waals surface area contributed by atoms with Gasteiger partial charge in [-0.2, -0.15) is 0 Å². The Balaban J connectivity index is 1.47. The summed E-state index contributed by atoms with van der Waals surface area (Å²) in [5.41, 5.74) is -0.550. The van der Waals surface area contributed by atoms with Crippen LogP contribution in [0.1, 0.15) is 46.1 Å². The maximum Gasteiger partial charge on any atom is 0.524 e. The van der Waals surface area contributed by atoms with E-state index in [2.05, 4.69) is 0 Å². The van der Waals surface area contributed by atoms with Crippen LogP contribution in [0.2, 0.25) is 0 Å². The van der Waals surface area contributed by atoms with Crippen LogP contribution in [0.5, 0.6) is 0 Å². The van der Waals surface area contributed by atoms with Gasteiger partial charge in [0.1, 0.15) is 12.3 Å². The first-order valence-corrected chi connectivity index (χ1v) is 9.86. The van der Waals surface area contributed by atoms with Gasteiger partial charge in [-0.05, 0) is 52.0 Å². The van der Waals surface area contributed by atoms with Gasteiger partial charge in [0, 0.05) is 13.1 Å². The second-order valence-corrected chi connectivity index (χ2v) is 8.50. The second kappa shape index (κ2) is 8.25. The number of ether oxygens (including phenoxy) is 1. The Labute approximate surface area is 167 Å². The number of benzene rings is 1. The van der Waals surface area contributed by atoms with Gasteiger partial charge in [-0.25, -0.2) is 9.18 Å². The van der Waals surface area contributed by atoms with E-state index in [4.69, 9.17) is 14.0 Å². The minimum Gasteiger partial charge on any atom is -0.445 e. The SMILES string of the molecule is CC1(C)OB(C(F)=CC2CCN(C(=O)OCc3ccccc3)CC2)OC1(C)C. The lowest BCUT2D eigenvalue weighted by Gasteiger charge is -2.32. The molecule has 0 atom stereocenters. The minimum absolute atomic E-state index is 0.0530. The predicted octanol–water partition coefficient (Wildman–Crippen LogP) is 4.52. The van der Waals surface area contributed by atoms with Crippen molar-refractivity contribution in [3.8, 4) is 0 Å². The van der Waals surface area contributed by atoms with Crippen molar-refractivity contribution >= 4 is 13.2 Å². The quantitative estimate of drug-likeness (QED) is 0.711. The molecule has 2 fully saturated rings. The van der Waals surface area contributed by atoms with Crippen molar-refractivity contribution in [2.45, 2.75) is 58.3 Å². The third-order valence-corrected chi connectivity index (χ3v) is 5.88. The summed E-state index contributed by atoms with van der Waals surface area (Å²) in [7, 11) is -0.959. The Morgan fingerprint density at radius 1 is 1.18 bits per heavy atom. The van der Waals surface area contributed by atoms with Gasteiger partial charge in [0.2, 0.25) is 0 Å². The number of allylic oxidation sites excluding steroid dienone is 1. The molecule has 0 unspecified atom stereocenters. The number of hydrogen-bond donors (Lipinski definition) is 0. The van der Waals surface area contributed by atoms with Gasteiger partial charge in [0.15, 0.2) is 0 Å². The lowest BCUT2D eigenvalue weighted by Crippen LogP contribution is -2.41. The molecule has 152 valence electrons. The molecule has 7 heteroatoms. The standard InChI is InChI=1S/C21H29BFNO4/c1-20(2)21(3,4)28-22(27-20)18(23)14-16-10-12-24(13-11-16)19(25)26-15-17-8-6-5-7-9-17/h5-9,14,16H,10-13,15H2,1-4H3. The number of likely N-dealkylation sites (tertiary alicyclic amines) is 1. The van der Waals surface area contributed by atoms with Gasteiger partial charge in [-0.1, -0.05) is 36.4 Å². The lowest BCUT2D eigenvalue weighted by atomic mass is 9.84. The molecule has 2 heterocycles. The molecule has 1 aromatic rings. The van der Waals surface area contributed by atoms with E-state index >= 15 is 0 Å². The summed E-state index contributed by atoms with van der Waals surface area (Å²) in [6, 6.07) is 9.59. The normalized spacial score (nSPS) is 22.4. The van der Waals surface area contributed by atoms with E-state index < -0.39 is 18.3 Å². The second-order valence-electron chi connectivity index (χ2n) is 8.50. The van der Waals surface area contributed by atoms with Crippen LogP contribution in [0, 0.1) is 5.92 Å². The van der Waals surface area contributed by atoms with Crippen LogP contribution in [0.25, 0.3) is 0 Å². The summed E-state index contributed by atoms with van der Waals surface area (Å²) in [5.74, 6) is 0.0530. The third kappa shape index (κ3) is 4.76. The van der Waals surface area contributed by atoms with Crippen LogP contribution in [0.15, 0.2) is 42.1 Å². The number of hydrogen-bond acceptors (Lipinski definition) is 4. The van der Waals surface area contributed by atoms with Crippen molar-refractivity contribution in [3.63, 3.8) is 0 Å². The Bertz CT molecular complexity index is 698. The third-order valence-electron chi connectivity index (χ3n) is 5.88. The van der Waals surface area contributed by atoms with Crippen molar-refractivity contribution in [3.05, 3.63) is 47.7 Å². The van der Waals surface area contributed by atoms with Gasteiger partial charge in [-0.15, -0.1) is 0 Å². The van der Waals surface area contributed by atoms with Gasteiger partial charge < -0.3 is 18.9 Å². The van der Waals surface area contributed by atoms with Crippen LogP contribution < -0.4 is 0 Å². The highest BCUT2D eigenvalue weighted by Crippen LogP contribution is 2.39. The fourth-order valence-electron chi connectivity index (χ4n) is 3.32. The molecule has 1 aromatic carbocycles. The molecule has 5 nitrogen and oxygen atoms in total. The van der Waals surface area contributed by atoms with Crippen LogP contribution >= 0.6 is 0 Å². The molecule has 0 N–H and O–H groups in total. The summed E-state index contributed by atoms with van der Waals surface area (Å²) in [4.78, 5) is 13.9. The molecule has 0 aliphatic carbocycles. The van der Waals surface area contributed by atoms with Crippen molar-refractivity contribution in [1.29, 1.82) is 0 Å². The van der Waals surface area contributed by atoms with E-state index in [1.165, 1.54) is 0 Å². The monoisotopic (exact) mass is 389 g/mol. The van der Waals surface area contributed by atoms with Crippen LogP contribution in [0.3, 0.4) is 0 Å². The van der Waals surface area contributed by atoms with Gasteiger partial charge in [0.05, 0.1) is 11.2 Å². The molecule has 28 heavy (non-hydrogen) atoms. The summed E-state index contributed by atoms with van der Waals surface area (Å²) in [5, 5.41) is 0. The highest BCUT2D eigenvalue weighted by atomic mass is 19.1. The van der Waals surface area contributed by atoms with E-state index in [0.29, 0.717) is 25.9 Å². The molecule has 0 aromatic heterocycles. The van der Waals surface area contributed by atoms with E-state index in [9.17, 15) is 9.18 Å². The zero-order chi connectivity index (χ0) is 20.4. The van der Waals surface area contributed by atoms with Crippen LogP contribution in [0.4, 0.5) is 9.18 Å². The van der Waals surface area contributed by atoms with E-state index in [0.717, 1.165) is 5.56 Å². The number of carbonyl (C=O) groups is 1. The highest BCUT2D eigenvalue weighted by Gasteiger charge is 2.53. The van der Waals surface area contributed by atoms with E-state index in [1.54, 1.807) is 11.0 Å². The molecule has 2 aliphatic heterocycles. The summed E-state index contributed by atoms with van der Waals surface area (Å²) in [6.45, 7) is 8.96. The summed E-state index contributed by atoms with van der Waals surface area (Å²) >= 11 is 0. The zero-order valence-corrected chi connectivity index (χ0v) is 17.1. The Kier molecular flexibility index (Phi) is 6.15. The first kappa shape index (κ1) is 20.9. The molecule has 1 amide bonds. The average molecular weight is 389 g/mol. The Hall–Kier alpha value is -1.86. The van der Waals surface area contributed by atoms with Crippen molar-refractivity contribution in [1.82, 2.24) is 4.90 Å². The number of nitrogens with zero attached hydrogens (tertiary/aromatic N) is 1. The van der Waals surface area contributed by atoms with Gasteiger partial charge >= 0.3 is 13.2 Å². The molecule has 3 rings (SSSR count). The number of rotatable bonds is 4. The smallest absolute Gasteiger partial charge is 0.445 e. The topological polar surface area (TPSA) is 48.0 Å². The maximum atomic E-state index is 14.6. The largest absolute Gasteiger partial charge is 0.524 e. The van der Waals surface area contributed by atoms with Crippen LogP contribution in [-0.4, -0.2) is 42.4 Å². The molecule has 2 aliphatic rings. The van der Waals surface area contributed by atoms with Gasteiger partial charge in [0.25, 0.3) is 0 Å². The summed E-state index contributed by atoms with van der Waals surface area (Å²) < 4.78 is 31.5. The molecule has 2 saturated heterocycles. The predicted molar refractivity (Wildman–Crippen MR) is 106 cm³/mol. The summed E-state index contributed by atoms with van der Waals surface area (Å²) in [6.07, 6.45) is 2.65. The fourth-order valence-corrected chi connectivity index (χ4v) is 3.32. The fraction of sp³-hybridized carbons (Fsp3) is 0.571. The number of piperidine rings is 1. The van der Waals surface area contributed by atoms with E-state index in [-0.39, 0.29) is 24.3 Å². The highest BCUT2D eigenvalue weighted by molar-refractivity contribution is 6.53. The Morgan fingerprint density at radius 2 is 1.75 bits per heavy atom. The number of halogens is 1. The van der Waals surface area contributed by atoms with Crippen molar-refractivity contribution < 1.29 is 23.2 Å². The zero-order valence-electron chi connectivity index (χ0n) is 17.1.